The van der Waals surface area contributed by atoms with Crippen LogP contribution in [0.5, 0.6) is 0 Å². The molecule has 2 N–H and O–H groups in total. The zero-order valence-electron chi connectivity index (χ0n) is 11.7. The van der Waals surface area contributed by atoms with Crippen LogP contribution in [0.1, 0.15) is 39.2 Å². The fraction of sp³-hybridized carbons (Fsp3) is 0.533. The summed E-state index contributed by atoms with van der Waals surface area (Å²) in [5, 5.41) is 12.2. The van der Waals surface area contributed by atoms with E-state index in [1.807, 2.05) is 6.92 Å². The molecule has 1 aromatic rings. The first-order chi connectivity index (χ1) is 8.89. The van der Waals surface area contributed by atoms with Crippen molar-refractivity contribution in [1.29, 1.82) is 0 Å². The second-order valence-electron chi connectivity index (χ2n) is 5.21. The Morgan fingerprint density at radius 1 is 1.42 bits per heavy atom. The van der Waals surface area contributed by atoms with Crippen LogP contribution < -0.4 is 5.32 Å². The smallest absolute Gasteiger partial charge is 0.230 e. The number of amides is 1. The zero-order valence-corrected chi connectivity index (χ0v) is 11.7. The number of benzene rings is 1. The molecular formula is C15H22FNO2. The molecule has 3 nitrogen and oxygen atoms in total. The molecule has 0 aliphatic heterocycles. The number of carbonyl (C=O) groups excluding carboxylic acids is 1. The lowest BCUT2D eigenvalue weighted by molar-refractivity contribution is -0.125. The molecule has 0 fully saturated rings. The molecule has 0 aliphatic carbocycles. The summed E-state index contributed by atoms with van der Waals surface area (Å²) >= 11 is 0. The quantitative estimate of drug-likeness (QED) is 0.831. The number of aliphatic hydroxyl groups excluding tert-OH is 1. The molecule has 0 saturated heterocycles. The van der Waals surface area contributed by atoms with Crippen molar-refractivity contribution in [2.45, 2.75) is 45.1 Å². The molecule has 0 aliphatic rings. The number of halogens is 1. The molecule has 0 aromatic heterocycles. The third-order valence-corrected chi connectivity index (χ3v) is 3.35. The van der Waals surface area contributed by atoms with E-state index < -0.39 is 11.5 Å². The monoisotopic (exact) mass is 267 g/mol. The highest BCUT2D eigenvalue weighted by Crippen LogP contribution is 2.25. The minimum Gasteiger partial charge on any atom is -0.393 e. The van der Waals surface area contributed by atoms with Crippen LogP contribution in [0.3, 0.4) is 0 Å². The van der Waals surface area contributed by atoms with E-state index in [1.165, 1.54) is 6.07 Å². The fourth-order valence-electron chi connectivity index (χ4n) is 1.87. The van der Waals surface area contributed by atoms with Crippen molar-refractivity contribution in [1.82, 2.24) is 5.32 Å². The lowest BCUT2D eigenvalue weighted by Gasteiger charge is -2.25. The van der Waals surface area contributed by atoms with Crippen LogP contribution >= 0.6 is 0 Å². The predicted molar refractivity (Wildman–Crippen MR) is 73.4 cm³/mol. The van der Waals surface area contributed by atoms with Gasteiger partial charge in [-0.1, -0.05) is 25.1 Å². The normalized spacial score (nSPS) is 13.1. The van der Waals surface area contributed by atoms with E-state index in [0.717, 1.165) is 0 Å². The van der Waals surface area contributed by atoms with Crippen molar-refractivity contribution in [2.24, 2.45) is 0 Å². The third kappa shape index (κ3) is 4.03. The van der Waals surface area contributed by atoms with Gasteiger partial charge in [0.05, 0.1) is 11.5 Å². The first-order valence-electron chi connectivity index (χ1n) is 6.61. The van der Waals surface area contributed by atoms with Crippen LogP contribution in [0.4, 0.5) is 4.39 Å². The number of carbonyl (C=O) groups is 1. The Bertz CT molecular complexity index is 432. The maximum Gasteiger partial charge on any atom is 0.230 e. The SMILES string of the molecule is CCC(O)CCNC(=O)C(C)(C)c1ccccc1F. The van der Waals surface area contributed by atoms with Gasteiger partial charge in [-0.25, -0.2) is 4.39 Å². The first-order valence-corrected chi connectivity index (χ1v) is 6.61. The van der Waals surface area contributed by atoms with Crippen molar-refractivity contribution < 1.29 is 14.3 Å². The van der Waals surface area contributed by atoms with Gasteiger partial charge in [-0.2, -0.15) is 0 Å². The molecule has 0 radical (unpaired) electrons. The summed E-state index contributed by atoms with van der Waals surface area (Å²) < 4.78 is 13.7. The Kier molecular flexibility index (Phi) is 5.48. The first kappa shape index (κ1) is 15.6. The molecule has 1 rings (SSSR count). The zero-order chi connectivity index (χ0) is 14.5. The standard InChI is InChI=1S/C15H22FNO2/c1-4-11(18)9-10-17-14(19)15(2,3)12-7-5-6-8-13(12)16/h5-8,11,18H,4,9-10H2,1-3H3,(H,17,19). The van der Waals surface area contributed by atoms with Crippen molar-refractivity contribution >= 4 is 5.91 Å². The Morgan fingerprint density at radius 3 is 2.63 bits per heavy atom. The predicted octanol–water partition coefficient (Wildman–Crippen LogP) is 2.38. The molecule has 0 spiro atoms. The number of hydrogen-bond donors (Lipinski definition) is 2. The van der Waals surface area contributed by atoms with Gasteiger partial charge in [0.25, 0.3) is 0 Å². The molecule has 1 aromatic carbocycles. The van der Waals surface area contributed by atoms with Gasteiger partial charge >= 0.3 is 0 Å². The lowest BCUT2D eigenvalue weighted by Crippen LogP contribution is -2.41. The minimum absolute atomic E-state index is 0.235. The minimum atomic E-state index is -0.928. The van der Waals surface area contributed by atoms with Crippen LogP contribution in [0, 0.1) is 5.82 Å². The molecule has 19 heavy (non-hydrogen) atoms. The van der Waals surface area contributed by atoms with Gasteiger partial charge in [0, 0.05) is 12.1 Å². The second-order valence-corrected chi connectivity index (χ2v) is 5.21. The average molecular weight is 267 g/mol. The van der Waals surface area contributed by atoms with Gasteiger partial charge in [0.2, 0.25) is 5.91 Å². The third-order valence-electron chi connectivity index (χ3n) is 3.35. The molecule has 0 saturated carbocycles. The number of aliphatic hydroxyl groups is 1. The summed E-state index contributed by atoms with van der Waals surface area (Å²) in [7, 11) is 0. The summed E-state index contributed by atoms with van der Waals surface area (Å²) in [6.45, 7) is 5.66. The van der Waals surface area contributed by atoms with Gasteiger partial charge in [0.15, 0.2) is 0 Å². The van der Waals surface area contributed by atoms with E-state index in [0.29, 0.717) is 24.9 Å². The van der Waals surface area contributed by atoms with Crippen molar-refractivity contribution in [3.8, 4) is 0 Å². The highest BCUT2D eigenvalue weighted by molar-refractivity contribution is 5.87. The summed E-state index contributed by atoms with van der Waals surface area (Å²) in [6, 6.07) is 6.29. The van der Waals surface area contributed by atoms with Gasteiger partial charge in [-0.05, 0) is 32.8 Å². The maximum absolute atomic E-state index is 13.7. The highest BCUT2D eigenvalue weighted by atomic mass is 19.1. The fourth-order valence-corrected chi connectivity index (χ4v) is 1.87. The summed E-state index contributed by atoms with van der Waals surface area (Å²) in [5.41, 5.74) is -0.550. The van der Waals surface area contributed by atoms with Crippen LogP contribution in [0.15, 0.2) is 24.3 Å². The second kappa shape index (κ2) is 6.66. The molecule has 4 heteroatoms. The van der Waals surface area contributed by atoms with E-state index in [2.05, 4.69) is 5.32 Å². The van der Waals surface area contributed by atoms with E-state index >= 15 is 0 Å². The summed E-state index contributed by atoms with van der Waals surface area (Å²) in [5.74, 6) is -0.614. The van der Waals surface area contributed by atoms with Gasteiger partial charge in [0.1, 0.15) is 5.82 Å². The van der Waals surface area contributed by atoms with Crippen molar-refractivity contribution in [2.75, 3.05) is 6.54 Å². The maximum atomic E-state index is 13.7. The van der Waals surface area contributed by atoms with E-state index in [1.54, 1.807) is 32.0 Å². The van der Waals surface area contributed by atoms with E-state index in [4.69, 9.17) is 0 Å². The largest absolute Gasteiger partial charge is 0.393 e. The molecule has 1 atom stereocenters. The number of hydrogen-bond acceptors (Lipinski definition) is 2. The molecule has 1 unspecified atom stereocenters. The lowest BCUT2D eigenvalue weighted by atomic mass is 9.83. The molecule has 0 heterocycles. The van der Waals surface area contributed by atoms with E-state index in [-0.39, 0.29) is 11.7 Å². The molecule has 1 amide bonds. The van der Waals surface area contributed by atoms with Crippen molar-refractivity contribution in [3.05, 3.63) is 35.6 Å². The number of nitrogens with one attached hydrogen (secondary N) is 1. The van der Waals surface area contributed by atoms with Gasteiger partial charge in [-0.3, -0.25) is 4.79 Å². The molecule has 106 valence electrons. The summed E-state index contributed by atoms with van der Waals surface area (Å²) in [4.78, 5) is 12.1. The van der Waals surface area contributed by atoms with Crippen LogP contribution in [-0.2, 0) is 10.2 Å². The number of rotatable bonds is 6. The molecule has 0 bridgehead atoms. The van der Waals surface area contributed by atoms with Gasteiger partial charge in [-0.15, -0.1) is 0 Å². The Balaban J connectivity index is 2.67. The average Bonchev–Trinajstić information content (AvgIpc) is 2.38. The van der Waals surface area contributed by atoms with Gasteiger partial charge < -0.3 is 10.4 Å². The van der Waals surface area contributed by atoms with Crippen LogP contribution in [-0.4, -0.2) is 23.7 Å². The Hall–Kier alpha value is -1.42. The van der Waals surface area contributed by atoms with E-state index in [9.17, 15) is 14.3 Å². The van der Waals surface area contributed by atoms with Crippen molar-refractivity contribution in [3.63, 3.8) is 0 Å². The Morgan fingerprint density at radius 2 is 2.05 bits per heavy atom. The topological polar surface area (TPSA) is 49.3 Å². The molecular weight excluding hydrogens is 245 g/mol. The van der Waals surface area contributed by atoms with Crippen LogP contribution in [0.25, 0.3) is 0 Å². The highest BCUT2D eigenvalue weighted by Gasteiger charge is 2.31. The summed E-state index contributed by atoms with van der Waals surface area (Å²) in [6.07, 6.45) is 0.763. The Labute approximate surface area is 113 Å². The van der Waals surface area contributed by atoms with Crippen LogP contribution in [0.2, 0.25) is 0 Å².